The summed E-state index contributed by atoms with van der Waals surface area (Å²) in [4.78, 5) is 3.17. The Morgan fingerprint density at radius 2 is 1.96 bits per heavy atom. The van der Waals surface area contributed by atoms with Crippen molar-refractivity contribution < 1.29 is 25.8 Å². The molecule has 1 heterocycles. The van der Waals surface area contributed by atoms with Crippen LogP contribution in [0.1, 0.15) is 17.7 Å². The van der Waals surface area contributed by atoms with E-state index in [4.69, 9.17) is 5.73 Å². The van der Waals surface area contributed by atoms with E-state index in [1.54, 1.807) is 0 Å². The molecular formula is C14H18F3N3O3S. The van der Waals surface area contributed by atoms with E-state index in [2.05, 4.69) is 14.9 Å². The molecular weight excluding hydrogens is 347 g/mol. The smallest absolute Gasteiger partial charge is 0.376 e. The van der Waals surface area contributed by atoms with Gasteiger partial charge in [-0.1, -0.05) is 0 Å². The molecule has 1 aromatic carbocycles. The SMILES string of the molecule is CN.NC1CCc2[nH]c3ccc(OS(=O)(=O)C(F)(F)F)cc3c2C1. The molecule has 0 radical (unpaired) electrons. The van der Waals surface area contributed by atoms with Crippen LogP contribution >= 0.6 is 0 Å². The first-order valence-electron chi connectivity index (χ1n) is 7.15. The Hall–Kier alpha value is -1.78. The van der Waals surface area contributed by atoms with E-state index in [1.165, 1.54) is 25.2 Å². The molecule has 2 aromatic rings. The monoisotopic (exact) mass is 365 g/mol. The zero-order chi connectivity index (χ0) is 18.1. The molecule has 1 aliphatic rings. The second-order valence-electron chi connectivity index (χ2n) is 5.28. The number of benzene rings is 1. The van der Waals surface area contributed by atoms with Gasteiger partial charge in [-0.25, -0.2) is 0 Å². The van der Waals surface area contributed by atoms with Gasteiger partial charge in [-0.2, -0.15) is 21.6 Å². The van der Waals surface area contributed by atoms with Crippen molar-refractivity contribution in [3.8, 4) is 5.75 Å². The van der Waals surface area contributed by atoms with E-state index < -0.39 is 15.6 Å². The Bertz CT molecular complexity index is 831. The Labute approximate surface area is 137 Å². The van der Waals surface area contributed by atoms with Crippen molar-refractivity contribution in [3.05, 3.63) is 29.5 Å². The maximum Gasteiger partial charge on any atom is 0.534 e. The van der Waals surface area contributed by atoms with Gasteiger partial charge in [0.2, 0.25) is 0 Å². The van der Waals surface area contributed by atoms with Crippen molar-refractivity contribution in [1.29, 1.82) is 0 Å². The van der Waals surface area contributed by atoms with Gasteiger partial charge >= 0.3 is 15.6 Å². The lowest BCUT2D eigenvalue weighted by Crippen LogP contribution is -2.28. The van der Waals surface area contributed by atoms with Crippen molar-refractivity contribution in [1.82, 2.24) is 4.98 Å². The van der Waals surface area contributed by atoms with Gasteiger partial charge in [0, 0.05) is 22.6 Å². The standard InChI is InChI=1S/C13H13F3N2O3S.CH5N/c14-13(15,16)22(19,20)21-8-2-4-12-10(6-8)9-5-7(17)1-3-11(9)18-12;1-2/h2,4,6-7,18H,1,3,5,17H2;2H2,1H3. The lowest BCUT2D eigenvalue weighted by Gasteiger charge is -2.18. The maximum absolute atomic E-state index is 12.4. The molecule has 6 nitrogen and oxygen atoms in total. The highest BCUT2D eigenvalue weighted by atomic mass is 32.2. The number of hydrogen-bond acceptors (Lipinski definition) is 5. The quantitative estimate of drug-likeness (QED) is 0.555. The van der Waals surface area contributed by atoms with Crippen molar-refractivity contribution in [2.24, 2.45) is 11.5 Å². The summed E-state index contributed by atoms with van der Waals surface area (Å²) in [5.74, 6) is -0.370. The third kappa shape index (κ3) is 3.50. The first-order valence-corrected chi connectivity index (χ1v) is 8.56. The van der Waals surface area contributed by atoms with Crippen molar-refractivity contribution >= 4 is 21.0 Å². The summed E-state index contributed by atoms with van der Waals surface area (Å²) in [6, 6.07) is 3.97. The molecule has 0 aliphatic heterocycles. The van der Waals surface area contributed by atoms with Crippen LogP contribution in [0.15, 0.2) is 18.2 Å². The summed E-state index contributed by atoms with van der Waals surface area (Å²) in [6.07, 6.45) is 2.17. The zero-order valence-electron chi connectivity index (χ0n) is 12.9. The molecule has 0 amide bonds. The summed E-state index contributed by atoms with van der Waals surface area (Å²) in [5, 5.41) is 0.639. The van der Waals surface area contributed by atoms with E-state index in [0.717, 1.165) is 29.6 Å². The zero-order valence-corrected chi connectivity index (χ0v) is 13.7. The molecule has 1 aromatic heterocycles. The van der Waals surface area contributed by atoms with Gasteiger partial charge in [0.15, 0.2) is 0 Å². The second kappa shape index (κ2) is 6.61. The fourth-order valence-electron chi connectivity index (χ4n) is 2.65. The number of hydrogen-bond donors (Lipinski definition) is 3. The van der Waals surface area contributed by atoms with Crippen LogP contribution in [0.2, 0.25) is 0 Å². The number of aryl methyl sites for hydroxylation is 1. The summed E-state index contributed by atoms with van der Waals surface area (Å²) < 4.78 is 63.4. The Morgan fingerprint density at radius 3 is 2.58 bits per heavy atom. The Morgan fingerprint density at radius 1 is 1.29 bits per heavy atom. The average Bonchev–Trinajstić information content (AvgIpc) is 2.85. The number of aromatic nitrogens is 1. The maximum atomic E-state index is 12.4. The van der Waals surface area contributed by atoms with Gasteiger partial charge < -0.3 is 20.6 Å². The number of fused-ring (bicyclic) bond motifs is 3. The normalized spacial score (nSPS) is 17.8. The summed E-state index contributed by atoms with van der Waals surface area (Å²) in [5.41, 5.74) is 7.55. The topological polar surface area (TPSA) is 111 Å². The second-order valence-corrected chi connectivity index (χ2v) is 6.81. The number of H-pyrrole nitrogens is 1. The van der Waals surface area contributed by atoms with Crippen LogP contribution < -0.4 is 15.7 Å². The van der Waals surface area contributed by atoms with Crippen LogP contribution in [0, 0.1) is 0 Å². The molecule has 1 aliphatic carbocycles. The Kier molecular flexibility index (Phi) is 5.11. The number of aromatic amines is 1. The molecule has 1 unspecified atom stereocenters. The Balaban J connectivity index is 0.00000100. The third-order valence-corrected chi connectivity index (χ3v) is 4.67. The van der Waals surface area contributed by atoms with Crippen LogP contribution in [0.25, 0.3) is 10.9 Å². The predicted octanol–water partition coefficient (Wildman–Crippen LogP) is 1.79. The van der Waals surface area contributed by atoms with Crippen LogP contribution in [0.5, 0.6) is 5.75 Å². The van der Waals surface area contributed by atoms with Gasteiger partial charge in [0.05, 0.1) is 0 Å². The molecule has 5 N–H and O–H groups in total. The molecule has 0 bridgehead atoms. The number of nitrogens with one attached hydrogen (secondary N) is 1. The van der Waals surface area contributed by atoms with Crippen LogP contribution in [-0.4, -0.2) is 32.0 Å². The molecule has 0 fully saturated rings. The van der Waals surface area contributed by atoms with E-state index in [-0.39, 0.29) is 11.8 Å². The highest BCUT2D eigenvalue weighted by molar-refractivity contribution is 7.88. The first-order chi connectivity index (χ1) is 11.2. The molecule has 3 rings (SSSR count). The minimum Gasteiger partial charge on any atom is -0.376 e. The van der Waals surface area contributed by atoms with Crippen LogP contribution in [-0.2, 0) is 23.0 Å². The summed E-state index contributed by atoms with van der Waals surface area (Å²) in [7, 11) is -4.17. The van der Waals surface area contributed by atoms with E-state index in [9.17, 15) is 21.6 Å². The van der Waals surface area contributed by atoms with E-state index >= 15 is 0 Å². The molecule has 0 spiro atoms. The summed E-state index contributed by atoms with van der Waals surface area (Å²) in [6.45, 7) is 0. The number of rotatable bonds is 2. The molecule has 0 saturated heterocycles. The van der Waals surface area contributed by atoms with Crippen molar-refractivity contribution in [2.75, 3.05) is 7.05 Å². The molecule has 134 valence electrons. The van der Waals surface area contributed by atoms with Gasteiger partial charge in [0.1, 0.15) is 5.75 Å². The number of alkyl halides is 3. The number of nitrogens with two attached hydrogens (primary N) is 2. The molecule has 24 heavy (non-hydrogen) atoms. The largest absolute Gasteiger partial charge is 0.534 e. The van der Waals surface area contributed by atoms with Gasteiger partial charge in [-0.15, -0.1) is 0 Å². The number of halogens is 3. The first kappa shape index (κ1) is 18.6. The average molecular weight is 365 g/mol. The van der Waals surface area contributed by atoms with Gasteiger partial charge in [0.25, 0.3) is 0 Å². The van der Waals surface area contributed by atoms with Crippen molar-refractivity contribution in [2.45, 2.75) is 30.8 Å². The van der Waals surface area contributed by atoms with Crippen molar-refractivity contribution in [3.63, 3.8) is 0 Å². The van der Waals surface area contributed by atoms with Gasteiger partial charge in [-0.3, -0.25) is 0 Å². The minimum atomic E-state index is -5.67. The highest BCUT2D eigenvalue weighted by Crippen LogP contribution is 2.33. The highest BCUT2D eigenvalue weighted by Gasteiger charge is 2.48. The lowest BCUT2D eigenvalue weighted by molar-refractivity contribution is -0.0500. The molecule has 1 atom stereocenters. The third-order valence-electron chi connectivity index (χ3n) is 3.69. The van der Waals surface area contributed by atoms with E-state index in [0.29, 0.717) is 11.8 Å². The fourth-order valence-corrected chi connectivity index (χ4v) is 3.10. The molecule has 0 saturated carbocycles. The van der Waals surface area contributed by atoms with Crippen LogP contribution in [0.4, 0.5) is 13.2 Å². The molecule has 10 heteroatoms. The predicted molar refractivity (Wildman–Crippen MR) is 84.0 cm³/mol. The fraction of sp³-hybridized carbons (Fsp3) is 0.429. The summed E-state index contributed by atoms with van der Waals surface area (Å²) >= 11 is 0. The van der Waals surface area contributed by atoms with E-state index in [1.807, 2.05) is 0 Å². The lowest BCUT2D eigenvalue weighted by atomic mass is 9.92. The minimum absolute atomic E-state index is 0.0185. The van der Waals surface area contributed by atoms with Crippen LogP contribution in [0.3, 0.4) is 0 Å². The van der Waals surface area contributed by atoms with Gasteiger partial charge in [-0.05, 0) is 50.1 Å².